The fourth-order valence-electron chi connectivity index (χ4n) is 7.84. The lowest BCUT2D eigenvalue weighted by Gasteiger charge is -2.30. The zero-order valence-corrected chi connectivity index (χ0v) is 33.3. The monoisotopic (exact) mass is 746 g/mol. The summed E-state index contributed by atoms with van der Waals surface area (Å²) >= 11 is 0. The smallest absolute Gasteiger partial charge is 0.388 e. The Morgan fingerprint density at radius 1 is 0.623 bits per heavy atom. The van der Waals surface area contributed by atoms with Crippen molar-refractivity contribution in [1.29, 1.82) is 0 Å². The Hall–Kier alpha value is -4.01. The van der Waals surface area contributed by atoms with Gasteiger partial charge in [0.25, 0.3) is 0 Å². The van der Waals surface area contributed by atoms with Crippen molar-refractivity contribution in [1.82, 2.24) is 0 Å². The summed E-state index contributed by atoms with van der Waals surface area (Å²) in [4.78, 5) is 0. The number of hydrogen-bond donors (Lipinski definition) is 0. The Morgan fingerprint density at radius 3 is 1.51 bits per heavy atom. The first-order valence-electron chi connectivity index (χ1n) is 19.3. The molecule has 0 unspecified atom stereocenters. The van der Waals surface area contributed by atoms with Gasteiger partial charge in [0.2, 0.25) is 0 Å². The standard InChI is InChI=1S/C46H52O5P2/c1-5-7-18-36-28-38(47-3)30-40-41-31-39(48-4)29-37(19-8-6-2)46(41)51-53(50-45(36)40)49-42(33-20-12-9-13-21-33)32-52-43(34-22-14-10-15-23-34)26-27-44(52)35-24-16-11-17-25-35/h9-17,20-25,28-31,42-44H,5-8,18-19,26-27,32H2,1-4H3/t42-,43-,44-/m1/s1. The minimum absolute atomic E-state index is 0.219. The van der Waals surface area contributed by atoms with Crippen LogP contribution in [0.25, 0.3) is 21.9 Å². The minimum Gasteiger partial charge on any atom is -0.497 e. The molecular weight excluding hydrogens is 694 g/mol. The highest BCUT2D eigenvalue weighted by atomic mass is 31.1. The van der Waals surface area contributed by atoms with E-state index >= 15 is 0 Å². The van der Waals surface area contributed by atoms with Gasteiger partial charge in [0, 0.05) is 28.3 Å². The van der Waals surface area contributed by atoms with Crippen LogP contribution in [0, 0.1) is 0 Å². The van der Waals surface area contributed by atoms with E-state index in [0.29, 0.717) is 11.3 Å². The largest absolute Gasteiger partial charge is 0.497 e. The summed E-state index contributed by atoms with van der Waals surface area (Å²) in [6.45, 7) is 4.44. The summed E-state index contributed by atoms with van der Waals surface area (Å²) in [5, 5.41) is 1.92. The molecule has 276 valence electrons. The molecule has 5 nitrogen and oxygen atoms in total. The number of fused-ring (bicyclic) bond motifs is 3. The van der Waals surface area contributed by atoms with E-state index in [4.69, 9.17) is 22.4 Å². The third-order valence-corrected chi connectivity index (χ3v) is 15.2. The molecule has 3 atom stereocenters. The van der Waals surface area contributed by atoms with Crippen molar-refractivity contribution in [2.75, 3.05) is 20.4 Å². The van der Waals surface area contributed by atoms with Gasteiger partial charge in [0.05, 0.1) is 14.2 Å². The van der Waals surface area contributed by atoms with Crippen LogP contribution in [0.1, 0.15) is 97.6 Å². The summed E-state index contributed by atoms with van der Waals surface area (Å²) in [6, 6.07) is 41.4. The first-order chi connectivity index (χ1) is 26.1. The van der Waals surface area contributed by atoms with Crippen molar-refractivity contribution in [3.63, 3.8) is 0 Å². The first-order valence-corrected chi connectivity index (χ1v) is 22.0. The molecule has 5 aromatic carbocycles. The van der Waals surface area contributed by atoms with Gasteiger partial charge in [0.1, 0.15) is 28.8 Å². The maximum absolute atomic E-state index is 7.31. The number of aryl methyl sites for hydroxylation is 2. The topological polar surface area (TPSA) is 54.0 Å². The van der Waals surface area contributed by atoms with Crippen LogP contribution in [0.3, 0.4) is 0 Å². The molecule has 0 N–H and O–H groups in total. The molecule has 0 aliphatic carbocycles. The highest BCUT2D eigenvalue weighted by molar-refractivity contribution is 7.58. The van der Waals surface area contributed by atoms with E-state index < -0.39 is 16.2 Å². The van der Waals surface area contributed by atoms with Crippen LogP contribution in [-0.4, -0.2) is 20.4 Å². The van der Waals surface area contributed by atoms with E-state index in [1.54, 1.807) is 14.2 Å². The third-order valence-electron chi connectivity index (χ3n) is 10.6. The molecule has 6 aromatic rings. The van der Waals surface area contributed by atoms with Gasteiger partial charge >= 0.3 is 8.24 Å². The second kappa shape index (κ2) is 17.9. The summed E-state index contributed by atoms with van der Waals surface area (Å²) in [6.07, 6.45) is 8.98. The van der Waals surface area contributed by atoms with E-state index in [9.17, 15) is 0 Å². The highest BCUT2D eigenvalue weighted by Gasteiger charge is 2.39. The van der Waals surface area contributed by atoms with Gasteiger partial charge in [-0.15, -0.1) is 0 Å². The van der Waals surface area contributed by atoms with Gasteiger partial charge < -0.3 is 17.9 Å². The average Bonchev–Trinajstić information content (AvgIpc) is 3.56. The molecule has 7 rings (SSSR count). The number of rotatable bonds is 15. The fraction of sp³-hybridized carbons (Fsp3) is 0.348. The number of ether oxygens (including phenoxy) is 2. The van der Waals surface area contributed by atoms with Gasteiger partial charge in [-0.2, -0.15) is 0 Å². The molecule has 1 aliphatic rings. The number of benzene rings is 5. The molecule has 0 spiro atoms. The molecule has 1 fully saturated rings. The first kappa shape index (κ1) is 37.3. The molecule has 1 aromatic heterocycles. The summed E-state index contributed by atoms with van der Waals surface area (Å²) < 4.78 is 33.2. The molecule has 2 heterocycles. The number of methoxy groups -OCH3 is 2. The van der Waals surface area contributed by atoms with Crippen molar-refractivity contribution in [3.05, 3.63) is 143 Å². The maximum Gasteiger partial charge on any atom is 0.388 e. The van der Waals surface area contributed by atoms with Crippen molar-refractivity contribution < 1.29 is 22.4 Å². The van der Waals surface area contributed by atoms with Crippen LogP contribution in [0.2, 0.25) is 0 Å². The Bertz CT molecular complexity index is 1990. The Morgan fingerprint density at radius 2 is 1.08 bits per heavy atom. The van der Waals surface area contributed by atoms with Crippen molar-refractivity contribution >= 4 is 38.1 Å². The Kier molecular flexibility index (Phi) is 12.6. The minimum atomic E-state index is -1.85. The molecule has 1 saturated heterocycles. The van der Waals surface area contributed by atoms with E-state index in [0.717, 1.165) is 94.8 Å². The third kappa shape index (κ3) is 8.54. The van der Waals surface area contributed by atoms with E-state index in [1.165, 1.54) is 24.0 Å². The fourth-order valence-corrected chi connectivity index (χ4v) is 12.9. The van der Waals surface area contributed by atoms with Gasteiger partial charge in [0.15, 0.2) is 0 Å². The van der Waals surface area contributed by atoms with E-state index in [-0.39, 0.29) is 6.10 Å². The lowest BCUT2D eigenvalue weighted by atomic mass is 10.00. The maximum atomic E-state index is 7.31. The molecule has 0 amide bonds. The SMILES string of the molecule is CCCCc1cc(OC)cc2c1op(O[C@H](CP1[C@@H](c3ccccc3)CC[C@@H]1c1ccccc1)c1ccccc1)oc1c(CCCC)cc(OC)cc12. The predicted octanol–water partition coefficient (Wildman–Crippen LogP) is 13.9. The van der Waals surface area contributed by atoms with Crippen molar-refractivity contribution in [2.45, 2.75) is 82.6 Å². The molecule has 1 aliphatic heterocycles. The Labute approximate surface area is 317 Å². The average molecular weight is 747 g/mol. The second-order valence-corrected chi connectivity index (χ2v) is 17.7. The molecule has 53 heavy (non-hydrogen) atoms. The van der Waals surface area contributed by atoms with E-state index in [1.807, 2.05) is 0 Å². The summed E-state index contributed by atoms with van der Waals surface area (Å²) in [7, 11) is 1.08. The lowest BCUT2D eigenvalue weighted by molar-refractivity contribution is 0.288. The van der Waals surface area contributed by atoms with Crippen molar-refractivity contribution in [2.24, 2.45) is 0 Å². The van der Waals surface area contributed by atoms with Crippen LogP contribution in [0.5, 0.6) is 11.5 Å². The van der Waals surface area contributed by atoms with Gasteiger partial charge in [-0.05, 0) is 90.6 Å². The van der Waals surface area contributed by atoms with Gasteiger partial charge in [-0.25, -0.2) is 0 Å². The van der Waals surface area contributed by atoms with Crippen LogP contribution in [-0.2, 0) is 12.8 Å². The second-order valence-electron chi connectivity index (χ2n) is 14.1. The van der Waals surface area contributed by atoms with Crippen LogP contribution >= 0.6 is 16.2 Å². The molecule has 0 radical (unpaired) electrons. The zero-order valence-electron chi connectivity index (χ0n) is 31.5. The van der Waals surface area contributed by atoms with Crippen LogP contribution in [0.4, 0.5) is 0 Å². The molecule has 0 bridgehead atoms. The van der Waals surface area contributed by atoms with Gasteiger partial charge in [-0.1, -0.05) is 126 Å². The highest BCUT2D eigenvalue weighted by Crippen LogP contribution is 2.71. The van der Waals surface area contributed by atoms with Crippen molar-refractivity contribution in [3.8, 4) is 11.5 Å². The molecule has 0 saturated carbocycles. The van der Waals surface area contributed by atoms with Crippen LogP contribution < -0.4 is 14.0 Å². The summed E-state index contributed by atoms with van der Waals surface area (Å²) in [5.74, 6) is 1.61. The zero-order chi connectivity index (χ0) is 36.6. The molecule has 7 heteroatoms. The Balaban J connectivity index is 1.41. The quantitative estimate of drug-likeness (QED) is 0.0980. The normalized spacial score (nSPS) is 16.6. The number of hydrogen-bond acceptors (Lipinski definition) is 5. The van der Waals surface area contributed by atoms with Crippen LogP contribution in [0.15, 0.2) is 124 Å². The summed E-state index contributed by atoms with van der Waals surface area (Å²) in [5.41, 5.74) is 8.85. The van der Waals surface area contributed by atoms with E-state index in [2.05, 4.69) is 129 Å². The molecular formula is C46H52O5P2. The lowest BCUT2D eigenvalue weighted by Crippen LogP contribution is -2.12. The predicted molar refractivity (Wildman–Crippen MR) is 222 cm³/mol. The van der Waals surface area contributed by atoms with Gasteiger partial charge in [-0.3, -0.25) is 4.52 Å². The number of unbranched alkanes of at least 4 members (excludes halogenated alkanes) is 2.